The normalized spacial score (nSPS) is 28.0. The summed E-state index contributed by atoms with van der Waals surface area (Å²) in [6.45, 7) is 5.98. The van der Waals surface area contributed by atoms with Crippen molar-refractivity contribution >= 4 is 0 Å². The number of rotatable bonds is 5. The molecular weight excluding hydrogens is 182 g/mol. The summed E-state index contributed by atoms with van der Waals surface area (Å²) in [6.07, 6.45) is 10.1. The van der Waals surface area contributed by atoms with Crippen LogP contribution in [0.15, 0.2) is 0 Å². The molecule has 2 unspecified atom stereocenters. The second kappa shape index (κ2) is 7.27. The average molecular weight is 211 g/mol. The van der Waals surface area contributed by atoms with E-state index in [9.17, 15) is 0 Å². The van der Waals surface area contributed by atoms with Crippen LogP contribution in [0.1, 0.15) is 58.8 Å². The maximum atomic E-state index is 3.40. The number of hydrogen-bond acceptors (Lipinski definition) is 1. The van der Waals surface area contributed by atoms with Crippen LogP contribution in [0.3, 0.4) is 0 Å². The molecule has 15 heavy (non-hydrogen) atoms. The van der Waals surface area contributed by atoms with Gasteiger partial charge in [-0.1, -0.05) is 46.0 Å². The molecule has 0 aliphatic heterocycles. The molecular formula is C14H29N. The van der Waals surface area contributed by atoms with E-state index in [2.05, 4.69) is 26.2 Å². The second-order valence-corrected chi connectivity index (χ2v) is 5.20. The summed E-state index contributed by atoms with van der Waals surface area (Å²) in [7, 11) is 2.11. The van der Waals surface area contributed by atoms with Crippen molar-refractivity contribution in [3.63, 3.8) is 0 Å². The van der Waals surface area contributed by atoms with Crippen molar-refractivity contribution in [2.75, 3.05) is 13.6 Å². The topological polar surface area (TPSA) is 12.0 Å². The quantitative estimate of drug-likeness (QED) is 0.681. The monoisotopic (exact) mass is 211 g/mol. The van der Waals surface area contributed by atoms with Gasteiger partial charge in [0.15, 0.2) is 0 Å². The Labute approximate surface area is 96.0 Å². The van der Waals surface area contributed by atoms with E-state index in [-0.39, 0.29) is 0 Å². The zero-order chi connectivity index (χ0) is 11.1. The summed E-state index contributed by atoms with van der Waals surface area (Å²) >= 11 is 0. The molecule has 1 rings (SSSR count). The summed E-state index contributed by atoms with van der Waals surface area (Å²) in [5.41, 5.74) is 0. The van der Waals surface area contributed by atoms with Crippen LogP contribution in [0.2, 0.25) is 0 Å². The Bertz CT molecular complexity index is 151. The molecule has 0 saturated heterocycles. The maximum Gasteiger partial charge on any atom is -0.00208 e. The van der Waals surface area contributed by atoms with Crippen LogP contribution in [0.25, 0.3) is 0 Å². The molecule has 0 amide bonds. The predicted molar refractivity (Wildman–Crippen MR) is 68.1 cm³/mol. The van der Waals surface area contributed by atoms with E-state index >= 15 is 0 Å². The van der Waals surface area contributed by atoms with Crippen molar-refractivity contribution in [2.45, 2.75) is 58.8 Å². The Morgan fingerprint density at radius 3 is 2.33 bits per heavy atom. The molecule has 90 valence electrons. The molecule has 1 N–H and O–H groups in total. The Balaban J connectivity index is 2.59. The van der Waals surface area contributed by atoms with E-state index in [0.29, 0.717) is 0 Å². The van der Waals surface area contributed by atoms with E-state index in [1.165, 1.54) is 51.5 Å². The Morgan fingerprint density at radius 1 is 1.07 bits per heavy atom. The molecule has 1 saturated carbocycles. The van der Waals surface area contributed by atoms with Crippen LogP contribution in [-0.2, 0) is 0 Å². The van der Waals surface area contributed by atoms with Gasteiger partial charge in [-0.2, -0.15) is 0 Å². The van der Waals surface area contributed by atoms with Crippen molar-refractivity contribution in [3.05, 3.63) is 0 Å². The van der Waals surface area contributed by atoms with Crippen molar-refractivity contribution in [1.82, 2.24) is 5.32 Å². The number of hydrogen-bond donors (Lipinski definition) is 1. The van der Waals surface area contributed by atoms with Gasteiger partial charge in [0.25, 0.3) is 0 Å². The van der Waals surface area contributed by atoms with E-state index in [1.54, 1.807) is 0 Å². The first kappa shape index (κ1) is 13.0. The van der Waals surface area contributed by atoms with Crippen LogP contribution in [0, 0.1) is 17.8 Å². The van der Waals surface area contributed by atoms with Gasteiger partial charge in [0.2, 0.25) is 0 Å². The molecule has 1 heteroatoms. The molecule has 1 aliphatic rings. The molecule has 0 radical (unpaired) electrons. The van der Waals surface area contributed by atoms with Crippen LogP contribution in [-0.4, -0.2) is 13.6 Å². The highest BCUT2D eigenvalue weighted by molar-refractivity contribution is 4.79. The average Bonchev–Trinajstić information content (AvgIpc) is 2.47. The first-order valence-electron chi connectivity index (χ1n) is 6.98. The Kier molecular flexibility index (Phi) is 6.31. The van der Waals surface area contributed by atoms with Gasteiger partial charge in [-0.15, -0.1) is 0 Å². The largest absolute Gasteiger partial charge is 0.319 e. The highest BCUT2D eigenvalue weighted by atomic mass is 14.8. The van der Waals surface area contributed by atoms with Gasteiger partial charge in [0.05, 0.1) is 0 Å². The summed E-state index contributed by atoms with van der Waals surface area (Å²) < 4.78 is 0. The van der Waals surface area contributed by atoms with Crippen molar-refractivity contribution < 1.29 is 0 Å². The SMILES string of the molecule is CCC(CC)C1CCCCCC1CNC. The van der Waals surface area contributed by atoms with Gasteiger partial charge in [0.1, 0.15) is 0 Å². The maximum absolute atomic E-state index is 3.40. The lowest BCUT2D eigenvalue weighted by Gasteiger charge is -2.31. The van der Waals surface area contributed by atoms with Gasteiger partial charge < -0.3 is 5.32 Å². The van der Waals surface area contributed by atoms with E-state index in [4.69, 9.17) is 0 Å². The smallest absolute Gasteiger partial charge is 0.00208 e. The molecule has 0 aromatic heterocycles. The minimum Gasteiger partial charge on any atom is -0.319 e. The van der Waals surface area contributed by atoms with Gasteiger partial charge in [0, 0.05) is 0 Å². The summed E-state index contributed by atoms with van der Waals surface area (Å²) in [6, 6.07) is 0. The first-order chi connectivity index (χ1) is 7.33. The fourth-order valence-corrected chi connectivity index (χ4v) is 3.44. The van der Waals surface area contributed by atoms with Gasteiger partial charge in [-0.3, -0.25) is 0 Å². The van der Waals surface area contributed by atoms with Crippen molar-refractivity contribution in [3.8, 4) is 0 Å². The molecule has 0 aromatic rings. The molecule has 0 spiro atoms. The Morgan fingerprint density at radius 2 is 1.73 bits per heavy atom. The minimum absolute atomic E-state index is 0.947. The highest BCUT2D eigenvalue weighted by Crippen LogP contribution is 2.36. The van der Waals surface area contributed by atoms with Crippen LogP contribution in [0.4, 0.5) is 0 Å². The van der Waals surface area contributed by atoms with Crippen LogP contribution < -0.4 is 5.32 Å². The van der Waals surface area contributed by atoms with Crippen LogP contribution >= 0.6 is 0 Å². The van der Waals surface area contributed by atoms with Crippen molar-refractivity contribution in [1.29, 1.82) is 0 Å². The molecule has 1 aliphatic carbocycles. The molecule has 1 nitrogen and oxygen atoms in total. The third kappa shape index (κ3) is 3.79. The zero-order valence-corrected chi connectivity index (χ0v) is 10.9. The third-order valence-corrected chi connectivity index (χ3v) is 4.34. The lowest BCUT2D eigenvalue weighted by Crippen LogP contribution is -2.29. The lowest BCUT2D eigenvalue weighted by atomic mass is 9.76. The molecule has 0 aromatic carbocycles. The van der Waals surface area contributed by atoms with E-state index in [1.807, 2.05) is 0 Å². The van der Waals surface area contributed by atoms with Gasteiger partial charge >= 0.3 is 0 Å². The van der Waals surface area contributed by atoms with Gasteiger partial charge in [-0.25, -0.2) is 0 Å². The van der Waals surface area contributed by atoms with Crippen molar-refractivity contribution in [2.24, 2.45) is 17.8 Å². The summed E-state index contributed by atoms with van der Waals surface area (Å²) in [4.78, 5) is 0. The summed E-state index contributed by atoms with van der Waals surface area (Å²) in [5.74, 6) is 2.92. The molecule has 1 fully saturated rings. The fraction of sp³-hybridized carbons (Fsp3) is 1.00. The van der Waals surface area contributed by atoms with Gasteiger partial charge in [-0.05, 0) is 44.2 Å². The molecule has 0 bridgehead atoms. The van der Waals surface area contributed by atoms with E-state index in [0.717, 1.165) is 17.8 Å². The van der Waals surface area contributed by atoms with Crippen LogP contribution in [0.5, 0.6) is 0 Å². The lowest BCUT2D eigenvalue weighted by molar-refractivity contribution is 0.198. The molecule has 2 atom stereocenters. The zero-order valence-electron chi connectivity index (χ0n) is 10.9. The standard InChI is InChI=1S/C14H29N/c1-4-12(5-2)14-10-8-6-7-9-13(14)11-15-3/h12-15H,4-11H2,1-3H3. The first-order valence-corrected chi connectivity index (χ1v) is 6.98. The second-order valence-electron chi connectivity index (χ2n) is 5.20. The Hall–Kier alpha value is -0.0400. The number of nitrogens with one attached hydrogen (secondary N) is 1. The predicted octanol–water partition coefficient (Wildman–Crippen LogP) is 3.84. The van der Waals surface area contributed by atoms with E-state index < -0.39 is 0 Å². The third-order valence-electron chi connectivity index (χ3n) is 4.34. The fourth-order valence-electron chi connectivity index (χ4n) is 3.44. The summed E-state index contributed by atoms with van der Waals surface area (Å²) in [5, 5.41) is 3.40. The highest BCUT2D eigenvalue weighted by Gasteiger charge is 2.28. The molecule has 0 heterocycles. The minimum atomic E-state index is 0.947.